The van der Waals surface area contributed by atoms with Crippen LogP contribution in [0.5, 0.6) is 0 Å². The van der Waals surface area contributed by atoms with E-state index in [-0.39, 0.29) is 12.5 Å². The summed E-state index contributed by atoms with van der Waals surface area (Å²) in [6.07, 6.45) is 1.70. The van der Waals surface area contributed by atoms with Crippen molar-refractivity contribution >= 4 is 34.8 Å². The van der Waals surface area contributed by atoms with Crippen LogP contribution >= 0.6 is 23.2 Å². The Balaban J connectivity index is 1.58. The van der Waals surface area contributed by atoms with Crippen molar-refractivity contribution in [3.05, 3.63) is 70.7 Å². The van der Waals surface area contributed by atoms with E-state index < -0.39 is 0 Å². The zero-order valence-corrected chi connectivity index (χ0v) is 15.6. The number of rotatable bonds is 6. The van der Waals surface area contributed by atoms with E-state index in [4.69, 9.17) is 27.6 Å². The van der Waals surface area contributed by atoms with Crippen molar-refractivity contribution in [2.75, 3.05) is 18.9 Å². The van der Waals surface area contributed by atoms with Crippen molar-refractivity contribution in [2.24, 2.45) is 0 Å². The first kappa shape index (κ1) is 18.5. The van der Waals surface area contributed by atoms with Gasteiger partial charge in [0.05, 0.1) is 29.0 Å². The number of aromatic nitrogens is 1. The standard InChI is InChI=1S/C19H17Cl2N3O2/c1-24(11-17(25)23-19-14(20)8-5-9-15(19)21)12-18-22-10-16(26-18)13-6-3-2-4-7-13/h2-10H,11-12H2,1H3,(H,23,25)/p+1. The topological polar surface area (TPSA) is 59.6 Å². The molecular formula is C19H18Cl2N3O2+. The average Bonchev–Trinajstić information content (AvgIpc) is 3.07. The first-order chi connectivity index (χ1) is 12.5. The molecule has 1 heterocycles. The van der Waals surface area contributed by atoms with Gasteiger partial charge >= 0.3 is 0 Å². The Morgan fingerprint density at radius 3 is 2.50 bits per heavy atom. The first-order valence-corrected chi connectivity index (χ1v) is 8.84. The molecule has 134 valence electrons. The lowest BCUT2D eigenvalue weighted by Gasteiger charge is -2.13. The van der Waals surface area contributed by atoms with Crippen LogP contribution < -0.4 is 10.2 Å². The number of halogens is 2. The molecule has 1 aromatic heterocycles. The fourth-order valence-electron chi connectivity index (χ4n) is 2.52. The predicted molar refractivity (Wildman–Crippen MR) is 102 cm³/mol. The Kier molecular flexibility index (Phi) is 5.93. The van der Waals surface area contributed by atoms with Crippen molar-refractivity contribution in [2.45, 2.75) is 6.54 Å². The molecule has 0 saturated heterocycles. The molecule has 2 N–H and O–H groups in total. The molecule has 0 aliphatic heterocycles. The lowest BCUT2D eigenvalue weighted by molar-refractivity contribution is -0.886. The third kappa shape index (κ3) is 4.64. The number of benzene rings is 2. The number of carbonyl (C=O) groups is 1. The van der Waals surface area contributed by atoms with Crippen LogP contribution in [0.15, 0.2) is 59.1 Å². The molecule has 0 spiro atoms. The van der Waals surface area contributed by atoms with Gasteiger partial charge in [-0.2, -0.15) is 0 Å². The molecule has 0 aliphatic rings. The van der Waals surface area contributed by atoms with Gasteiger partial charge in [-0.15, -0.1) is 0 Å². The van der Waals surface area contributed by atoms with E-state index in [1.807, 2.05) is 37.4 Å². The van der Waals surface area contributed by atoms with Crippen LogP contribution in [0.3, 0.4) is 0 Å². The summed E-state index contributed by atoms with van der Waals surface area (Å²) in [6, 6.07) is 14.8. The fraction of sp³-hybridized carbons (Fsp3) is 0.158. The third-order valence-corrected chi connectivity index (χ3v) is 4.38. The van der Waals surface area contributed by atoms with Crippen LogP contribution in [0.4, 0.5) is 5.69 Å². The highest BCUT2D eigenvalue weighted by Crippen LogP contribution is 2.29. The largest absolute Gasteiger partial charge is 0.435 e. The minimum absolute atomic E-state index is 0.188. The van der Waals surface area contributed by atoms with E-state index in [9.17, 15) is 4.79 Å². The molecule has 0 aliphatic carbocycles. The number of nitrogens with one attached hydrogen (secondary N) is 2. The molecule has 3 aromatic rings. The summed E-state index contributed by atoms with van der Waals surface area (Å²) in [5.41, 5.74) is 1.39. The molecule has 0 bridgehead atoms. The number of para-hydroxylation sites is 1. The molecule has 1 unspecified atom stereocenters. The number of hydrogen-bond donors (Lipinski definition) is 2. The number of anilines is 1. The molecule has 0 saturated carbocycles. The zero-order chi connectivity index (χ0) is 18.5. The summed E-state index contributed by atoms with van der Waals surface area (Å²) in [4.78, 5) is 17.5. The van der Waals surface area contributed by atoms with E-state index in [2.05, 4.69) is 10.3 Å². The van der Waals surface area contributed by atoms with Gasteiger partial charge in [0.25, 0.3) is 11.8 Å². The molecular weight excluding hydrogens is 373 g/mol. The van der Waals surface area contributed by atoms with Gasteiger partial charge in [0.1, 0.15) is 0 Å². The Morgan fingerprint density at radius 1 is 1.12 bits per heavy atom. The van der Waals surface area contributed by atoms with Gasteiger partial charge in [-0.05, 0) is 12.1 Å². The Hall–Kier alpha value is -2.34. The molecule has 26 heavy (non-hydrogen) atoms. The van der Waals surface area contributed by atoms with E-state index in [1.165, 1.54) is 0 Å². The fourth-order valence-corrected chi connectivity index (χ4v) is 3.02. The molecule has 1 amide bonds. The summed E-state index contributed by atoms with van der Waals surface area (Å²) in [6.45, 7) is 0.709. The zero-order valence-electron chi connectivity index (χ0n) is 14.1. The highest BCUT2D eigenvalue weighted by molar-refractivity contribution is 6.39. The number of nitrogens with zero attached hydrogens (tertiary/aromatic N) is 1. The molecule has 5 nitrogen and oxygen atoms in total. The van der Waals surface area contributed by atoms with Crippen LogP contribution in [0.25, 0.3) is 11.3 Å². The highest BCUT2D eigenvalue weighted by atomic mass is 35.5. The van der Waals surface area contributed by atoms with Crippen molar-refractivity contribution < 1.29 is 14.1 Å². The van der Waals surface area contributed by atoms with Crippen LogP contribution in [0.1, 0.15) is 5.89 Å². The van der Waals surface area contributed by atoms with Crippen molar-refractivity contribution in [1.29, 1.82) is 0 Å². The third-order valence-electron chi connectivity index (χ3n) is 3.75. The van der Waals surface area contributed by atoms with Gasteiger partial charge in [-0.3, -0.25) is 4.79 Å². The number of carbonyl (C=O) groups excluding carboxylic acids is 1. The summed E-state index contributed by atoms with van der Waals surface area (Å²) >= 11 is 12.1. The van der Waals surface area contributed by atoms with Gasteiger partial charge in [-0.1, -0.05) is 59.6 Å². The number of likely N-dealkylation sites (N-methyl/N-ethyl adjacent to an activating group) is 1. The van der Waals surface area contributed by atoms with E-state index in [0.29, 0.717) is 33.9 Å². The Labute approximate surface area is 161 Å². The van der Waals surface area contributed by atoms with Crippen LogP contribution in [0.2, 0.25) is 10.0 Å². The maximum atomic E-state index is 12.2. The maximum absolute atomic E-state index is 12.2. The van der Waals surface area contributed by atoms with Crippen molar-refractivity contribution in [1.82, 2.24) is 4.98 Å². The predicted octanol–water partition coefficient (Wildman–Crippen LogP) is 3.30. The second-order valence-corrected chi connectivity index (χ2v) is 6.75. The number of quaternary nitrogens is 1. The lowest BCUT2D eigenvalue weighted by Crippen LogP contribution is -3.08. The minimum atomic E-state index is -0.188. The molecule has 2 aromatic carbocycles. The highest BCUT2D eigenvalue weighted by Gasteiger charge is 2.16. The summed E-state index contributed by atoms with van der Waals surface area (Å²) in [5, 5.41) is 3.56. The second-order valence-electron chi connectivity index (χ2n) is 5.94. The number of hydrogen-bond acceptors (Lipinski definition) is 3. The first-order valence-electron chi connectivity index (χ1n) is 8.08. The Bertz CT molecular complexity index is 877. The van der Waals surface area contributed by atoms with Gasteiger partial charge in [0, 0.05) is 5.56 Å². The summed E-state index contributed by atoms with van der Waals surface area (Å²) in [7, 11) is 1.89. The summed E-state index contributed by atoms with van der Waals surface area (Å²) in [5.74, 6) is 1.10. The van der Waals surface area contributed by atoms with E-state index in [1.54, 1.807) is 24.4 Å². The average molecular weight is 391 g/mol. The second kappa shape index (κ2) is 8.36. The lowest BCUT2D eigenvalue weighted by atomic mass is 10.2. The molecule has 7 heteroatoms. The van der Waals surface area contributed by atoms with Crippen molar-refractivity contribution in [3.63, 3.8) is 0 Å². The number of amides is 1. The Morgan fingerprint density at radius 2 is 1.81 bits per heavy atom. The van der Waals surface area contributed by atoms with Crippen LogP contribution in [-0.4, -0.2) is 24.5 Å². The van der Waals surface area contributed by atoms with Gasteiger partial charge in [0.15, 0.2) is 18.8 Å². The van der Waals surface area contributed by atoms with Gasteiger partial charge in [0.2, 0.25) is 0 Å². The smallest absolute Gasteiger partial charge is 0.279 e. The molecule has 0 radical (unpaired) electrons. The van der Waals surface area contributed by atoms with E-state index in [0.717, 1.165) is 10.5 Å². The van der Waals surface area contributed by atoms with Crippen molar-refractivity contribution in [3.8, 4) is 11.3 Å². The molecule has 3 rings (SSSR count). The normalized spacial score (nSPS) is 12.0. The monoisotopic (exact) mass is 390 g/mol. The quantitative estimate of drug-likeness (QED) is 0.678. The number of oxazole rings is 1. The van der Waals surface area contributed by atoms with Gasteiger partial charge < -0.3 is 14.6 Å². The minimum Gasteiger partial charge on any atom is -0.435 e. The van der Waals surface area contributed by atoms with Crippen LogP contribution in [-0.2, 0) is 11.3 Å². The van der Waals surface area contributed by atoms with E-state index >= 15 is 0 Å². The van der Waals surface area contributed by atoms with Gasteiger partial charge in [-0.25, -0.2) is 4.98 Å². The van der Waals surface area contributed by atoms with Crippen LogP contribution in [0, 0.1) is 0 Å². The molecule has 0 fully saturated rings. The molecule has 1 atom stereocenters. The maximum Gasteiger partial charge on any atom is 0.279 e. The summed E-state index contributed by atoms with van der Waals surface area (Å²) < 4.78 is 5.77. The SMILES string of the molecule is C[NH+](CC(=O)Nc1c(Cl)cccc1Cl)Cc1ncc(-c2ccccc2)o1.